The summed E-state index contributed by atoms with van der Waals surface area (Å²) in [5, 5.41) is 2.95. The van der Waals surface area contributed by atoms with E-state index in [9.17, 15) is 4.79 Å². The molecule has 0 aliphatic heterocycles. The molecule has 3 rings (SSSR count). The first-order chi connectivity index (χ1) is 13.9. The number of nitrogens with one attached hydrogen (secondary N) is 1. The Morgan fingerprint density at radius 1 is 1.00 bits per heavy atom. The maximum atomic E-state index is 12.4. The van der Waals surface area contributed by atoms with Crippen LogP contribution in [0.4, 0.5) is 5.69 Å². The van der Waals surface area contributed by atoms with Crippen LogP contribution in [-0.2, 0) is 6.42 Å². The molecule has 0 fully saturated rings. The summed E-state index contributed by atoms with van der Waals surface area (Å²) in [5.41, 5.74) is 6.22. The average molecular weight is 391 g/mol. The van der Waals surface area contributed by atoms with E-state index in [0.29, 0.717) is 18.7 Å². The second kappa shape index (κ2) is 9.46. The van der Waals surface area contributed by atoms with Crippen molar-refractivity contribution in [1.82, 2.24) is 5.32 Å². The van der Waals surface area contributed by atoms with Gasteiger partial charge in [-0.2, -0.15) is 0 Å². The van der Waals surface area contributed by atoms with Crippen LogP contribution in [-0.4, -0.2) is 26.0 Å². The Morgan fingerprint density at radius 3 is 2.38 bits per heavy atom. The number of anilines is 1. The van der Waals surface area contributed by atoms with Gasteiger partial charge in [0.25, 0.3) is 5.91 Å². The highest BCUT2D eigenvalue weighted by Crippen LogP contribution is 2.21. The Kier molecular flexibility index (Phi) is 6.76. The lowest BCUT2D eigenvalue weighted by atomic mass is 9.97. The quantitative estimate of drug-likeness (QED) is 0.547. The molecule has 1 amide bonds. The summed E-state index contributed by atoms with van der Waals surface area (Å²) in [5.74, 6) is 1.03. The smallest absolute Gasteiger partial charge is 0.286 e. The summed E-state index contributed by atoms with van der Waals surface area (Å²) in [4.78, 5) is 14.6. The molecular formula is C25H30N2O2. The van der Waals surface area contributed by atoms with Crippen LogP contribution < -0.4 is 10.2 Å². The molecule has 0 bridgehead atoms. The van der Waals surface area contributed by atoms with Crippen LogP contribution in [0.1, 0.15) is 45.0 Å². The molecule has 0 saturated carbocycles. The molecule has 0 atom stereocenters. The number of amides is 1. The van der Waals surface area contributed by atoms with E-state index in [0.717, 1.165) is 18.7 Å². The van der Waals surface area contributed by atoms with E-state index >= 15 is 0 Å². The van der Waals surface area contributed by atoms with Crippen LogP contribution in [0.15, 0.2) is 59.0 Å². The molecule has 0 radical (unpaired) electrons. The fourth-order valence-electron chi connectivity index (χ4n) is 3.67. The summed E-state index contributed by atoms with van der Waals surface area (Å²) >= 11 is 0. The van der Waals surface area contributed by atoms with Gasteiger partial charge in [-0.25, -0.2) is 0 Å². The summed E-state index contributed by atoms with van der Waals surface area (Å²) in [6, 6.07) is 18.3. The molecule has 1 aromatic heterocycles. The number of hydrogen-bond acceptors (Lipinski definition) is 3. The minimum absolute atomic E-state index is 0.157. The fraction of sp³-hybridized carbons (Fsp3) is 0.320. The molecule has 3 aromatic rings. The van der Waals surface area contributed by atoms with Gasteiger partial charge >= 0.3 is 0 Å². The van der Waals surface area contributed by atoms with Crippen LogP contribution in [0.5, 0.6) is 0 Å². The van der Waals surface area contributed by atoms with Crippen molar-refractivity contribution < 1.29 is 9.21 Å². The summed E-state index contributed by atoms with van der Waals surface area (Å²) in [6.45, 7) is 7.84. The topological polar surface area (TPSA) is 45.5 Å². The molecule has 4 heteroatoms. The van der Waals surface area contributed by atoms with Crippen molar-refractivity contribution in [1.29, 1.82) is 0 Å². The van der Waals surface area contributed by atoms with Crippen molar-refractivity contribution in [3.8, 4) is 0 Å². The molecule has 29 heavy (non-hydrogen) atoms. The number of carbonyl (C=O) groups excluding carboxylic acids is 1. The minimum Gasteiger partial charge on any atom is -0.456 e. The van der Waals surface area contributed by atoms with Gasteiger partial charge in [0.15, 0.2) is 5.76 Å². The third-order valence-corrected chi connectivity index (χ3v) is 5.23. The molecule has 1 heterocycles. The van der Waals surface area contributed by atoms with Gasteiger partial charge in [0.1, 0.15) is 5.76 Å². The van der Waals surface area contributed by atoms with Crippen molar-refractivity contribution in [3.63, 3.8) is 0 Å². The SMILES string of the molecule is Cc1cc(C)c(Cc2ccc(C(=O)NCCCN(C)c3ccccc3)o2)c(C)c1. The largest absolute Gasteiger partial charge is 0.456 e. The van der Waals surface area contributed by atoms with Gasteiger partial charge in [-0.1, -0.05) is 35.9 Å². The lowest BCUT2D eigenvalue weighted by Crippen LogP contribution is -2.27. The first kappa shape index (κ1) is 20.7. The highest BCUT2D eigenvalue weighted by atomic mass is 16.3. The predicted molar refractivity (Wildman–Crippen MR) is 119 cm³/mol. The van der Waals surface area contributed by atoms with Gasteiger partial charge in [-0.3, -0.25) is 4.79 Å². The Morgan fingerprint density at radius 2 is 1.69 bits per heavy atom. The van der Waals surface area contributed by atoms with Gasteiger partial charge in [0, 0.05) is 32.2 Å². The van der Waals surface area contributed by atoms with Crippen molar-refractivity contribution >= 4 is 11.6 Å². The Balaban J connectivity index is 1.49. The first-order valence-electron chi connectivity index (χ1n) is 10.1. The van der Waals surface area contributed by atoms with Crippen molar-refractivity contribution in [2.75, 3.05) is 25.0 Å². The van der Waals surface area contributed by atoms with Crippen LogP contribution in [0.3, 0.4) is 0 Å². The van der Waals surface area contributed by atoms with E-state index < -0.39 is 0 Å². The maximum absolute atomic E-state index is 12.4. The third kappa shape index (κ3) is 5.50. The maximum Gasteiger partial charge on any atom is 0.286 e. The molecule has 1 N–H and O–H groups in total. The molecule has 0 aliphatic carbocycles. The minimum atomic E-state index is -0.157. The monoisotopic (exact) mass is 390 g/mol. The zero-order valence-electron chi connectivity index (χ0n) is 17.8. The van der Waals surface area contributed by atoms with Gasteiger partial charge in [0.05, 0.1) is 0 Å². The normalized spacial score (nSPS) is 10.8. The average Bonchev–Trinajstić information content (AvgIpc) is 3.17. The summed E-state index contributed by atoms with van der Waals surface area (Å²) in [6.07, 6.45) is 1.57. The van der Waals surface area contributed by atoms with Gasteiger partial charge < -0.3 is 14.6 Å². The number of para-hydroxylation sites is 1. The number of benzene rings is 2. The lowest BCUT2D eigenvalue weighted by molar-refractivity contribution is 0.0924. The Labute approximate surface area is 173 Å². The first-order valence-corrected chi connectivity index (χ1v) is 10.1. The molecule has 0 aliphatic rings. The number of carbonyl (C=O) groups is 1. The zero-order valence-corrected chi connectivity index (χ0v) is 17.8. The standard InChI is InChI=1S/C25H30N2O2/c1-18-15-19(2)23(20(3)16-18)17-22-11-12-24(29-22)25(28)26-13-8-14-27(4)21-9-6-5-7-10-21/h5-7,9-12,15-16H,8,13-14,17H2,1-4H3,(H,26,28). The lowest BCUT2D eigenvalue weighted by Gasteiger charge is -2.19. The van der Waals surface area contributed by atoms with Crippen LogP contribution >= 0.6 is 0 Å². The van der Waals surface area contributed by atoms with Gasteiger partial charge in [-0.05, 0) is 68.1 Å². The molecule has 2 aromatic carbocycles. The number of hydrogen-bond donors (Lipinski definition) is 1. The third-order valence-electron chi connectivity index (χ3n) is 5.23. The number of rotatable bonds is 8. The zero-order chi connectivity index (χ0) is 20.8. The van der Waals surface area contributed by atoms with Gasteiger partial charge in [0.2, 0.25) is 0 Å². The molecule has 152 valence electrons. The van der Waals surface area contributed by atoms with Crippen LogP contribution in [0, 0.1) is 20.8 Å². The highest BCUT2D eigenvalue weighted by molar-refractivity contribution is 5.91. The second-order valence-corrected chi connectivity index (χ2v) is 7.69. The van der Waals surface area contributed by atoms with Gasteiger partial charge in [-0.15, -0.1) is 0 Å². The number of nitrogens with zero attached hydrogens (tertiary/aromatic N) is 1. The highest BCUT2D eigenvalue weighted by Gasteiger charge is 2.13. The van der Waals surface area contributed by atoms with E-state index in [1.165, 1.54) is 27.9 Å². The molecule has 0 saturated heterocycles. The summed E-state index contributed by atoms with van der Waals surface area (Å²) < 4.78 is 5.81. The Bertz CT molecular complexity index is 937. The molecule has 0 spiro atoms. The van der Waals surface area contributed by atoms with E-state index in [2.05, 4.69) is 62.3 Å². The number of furan rings is 1. The van der Waals surface area contributed by atoms with E-state index in [1.807, 2.05) is 24.3 Å². The predicted octanol–water partition coefficient (Wildman–Crippen LogP) is 5.05. The van der Waals surface area contributed by atoms with E-state index in [1.54, 1.807) is 6.07 Å². The summed E-state index contributed by atoms with van der Waals surface area (Å²) in [7, 11) is 2.06. The van der Waals surface area contributed by atoms with Crippen molar-refractivity contribution in [3.05, 3.63) is 88.4 Å². The van der Waals surface area contributed by atoms with E-state index in [-0.39, 0.29) is 5.91 Å². The molecular weight excluding hydrogens is 360 g/mol. The van der Waals surface area contributed by atoms with Crippen molar-refractivity contribution in [2.45, 2.75) is 33.6 Å². The Hall–Kier alpha value is -3.01. The van der Waals surface area contributed by atoms with E-state index in [4.69, 9.17) is 4.42 Å². The fourth-order valence-corrected chi connectivity index (χ4v) is 3.67. The van der Waals surface area contributed by atoms with Crippen molar-refractivity contribution in [2.24, 2.45) is 0 Å². The van der Waals surface area contributed by atoms with Crippen LogP contribution in [0.25, 0.3) is 0 Å². The molecule has 0 unspecified atom stereocenters. The second-order valence-electron chi connectivity index (χ2n) is 7.69. The molecule has 4 nitrogen and oxygen atoms in total. The van der Waals surface area contributed by atoms with Crippen LogP contribution in [0.2, 0.25) is 0 Å². The number of aryl methyl sites for hydroxylation is 3.